The van der Waals surface area contributed by atoms with E-state index in [9.17, 15) is 0 Å². The Kier molecular flexibility index (Phi) is 4.14. The summed E-state index contributed by atoms with van der Waals surface area (Å²) in [6.45, 7) is 6.97. The molecule has 1 aromatic carbocycles. The average molecular weight is 271 g/mol. The number of ether oxygens (including phenoxy) is 1. The maximum Gasteiger partial charge on any atom is 0.134 e. The van der Waals surface area contributed by atoms with Gasteiger partial charge >= 0.3 is 0 Å². The van der Waals surface area contributed by atoms with Crippen molar-refractivity contribution < 1.29 is 4.74 Å². The molecule has 1 saturated heterocycles. The van der Waals surface area contributed by atoms with Crippen LogP contribution in [-0.4, -0.2) is 48.8 Å². The summed E-state index contributed by atoms with van der Waals surface area (Å²) in [6.07, 6.45) is 1.87. The van der Waals surface area contributed by atoms with Crippen LogP contribution in [0.4, 0.5) is 5.82 Å². The van der Waals surface area contributed by atoms with Crippen molar-refractivity contribution in [2.45, 2.75) is 13.0 Å². The number of aromatic nitrogens is 1. The Morgan fingerprint density at radius 3 is 2.90 bits per heavy atom. The van der Waals surface area contributed by atoms with Crippen LogP contribution in [0.15, 0.2) is 36.5 Å². The topological polar surface area (TPSA) is 37.4 Å². The fourth-order valence-electron chi connectivity index (χ4n) is 2.68. The summed E-state index contributed by atoms with van der Waals surface area (Å²) in [4.78, 5) is 6.92. The molecule has 1 N–H and O–H groups in total. The van der Waals surface area contributed by atoms with Crippen LogP contribution in [-0.2, 0) is 4.74 Å². The van der Waals surface area contributed by atoms with Crippen molar-refractivity contribution in [2.24, 2.45) is 0 Å². The summed E-state index contributed by atoms with van der Waals surface area (Å²) in [5, 5.41) is 5.95. The molecule has 20 heavy (non-hydrogen) atoms. The smallest absolute Gasteiger partial charge is 0.134 e. The Morgan fingerprint density at radius 2 is 2.05 bits per heavy atom. The minimum Gasteiger partial charge on any atom is -0.379 e. The lowest BCUT2D eigenvalue weighted by Gasteiger charge is -2.29. The number of benzene rings is 1. The van der Waals surface area contributed by atoms with Crippen molar-refractivity contribution in [2.75, 3.05) is 38.2 Å². The first kappa shape index (κ1) is 13.3. The molecular weight excluding hydrogens is 250 g/mol. The van der Waals surface area contributed by atoms with Gasteiger partial charge in [-0.1, -0.05) is 24.3 Å². The molecule has 0 bridgehead atoms. The number of pyridine rings is 1. The van der Waals surface area contributed by atoms with Crippen LogP contribution in [0.2, 0.25) is 0 Å². The van der Waals surface area contributed by atoms with Gasteiger partial charge in [0.2, 0.25) is 0 Å². The highest BCUT2D eigenvalue weighted by Crippen LogP contribution is 2.21. The van der Waals surface area contributed by atoms with E-state index in [4.69, 9.17) is 4.74 Å². The summed E-state index contributed by atoms with van der Waals surface area (Å²) in [5.41, 5.74) is 0. The van der Waals surface area contributed by atoms with Gasteiger partial charge < -0.3 is 10.1 Å². The number of hydrogen-bond acceptors (Lipinski definition) is 4. The highest BCUT2D eigenvalue weighted by Gasteiger charge is 2.14. The molecule has 1 aliphatic rings. The molecule has 2 heterocycles. The number of rotatable bonds is 4. The molecule has 0 radical (unpaired) electrons. The molecule has 1 unspecified atom stereocenters. The molecule has 1 aromatic heterocycles. The molecule has 4 heteroatoms. The van der Waals surface area contributed by atoms with E-state index < -0.39 is 0 Å². The molecular formula is C16H21N3O. The number of fused-ring (bicyclic) bond motifs is 1. The monoisotopic (exact) mass is 271 g/mol. The molecule has 106 valence electrons. The van der Waals surface area contributed by atoms with Gasteiger partial charge in [-0.25, -0.2) is 4.98 Å². The van der Waals surface area contributed by atoms with Crippen molar-refractivity contribution in [3.05, 3.63) is 36.5 Å². The third-order valence-corrected chi connectivity index (χ3v) is 3.69. The molecule has 0 saturated carbocycles. The Labute approximate surface area is 119 Å². The fourth-order valence-corrected chi connectivity index (χ4v) is 2.68. The quantitative estimate of drug-likeness (QED) is 0.926. The van der Waals surface area contributed by atoms with E-state index >= 15 is 0 Å². The Hall–Kier alpha value is -1.65. The summed E-state index contributed by atoms with van der Waals surface area (Å²) < 4.78 is 5.38. The zero-order valence-electron chi connectivity index (χ0n) is 11.9. The molecule has 3 rings (SSSR count). The van der Waals surface area contributed by atoms with Gasteiger partial charge in [0, 0.05) is 37.3 Å². The summed E-state index contributed by atoms with van der Waals surface area (Å²) in [7, 11) is 0. The average Bonchev–Trinajstić information content (AvgIpc) is 2.48. The Morgan fingerprint density at radius 1 is 1.25 bits per heavy atom. The Bertz CT molecular complexity index is 561. The van der Waals surface area contributed by atoms with Crippen molar-refractivity contribution in [1.29, 1.82) is 0 Å². The van der Waals surface area contributed by atoms with E-state index in [1.54, 1.807) is 0 Å². The zero-order valence-corrected chi connectivity index (χ0v) is 11.9. The third kappa shape index (κ3) is 3.08. The fraction of sp³-hybridized carbons (Fsp3) is 0.438. The first-order chi connectivity index (χ1) is 9.83. The van der Waals surface area contributed by atoms with Crippen molar-refractivity contribution in [3.63, 3.8) is 0 Å². The van der Waals surface area contributed by atoms with Gasteiger partial charge in [-0.15, -0.1) is 0 Å². The first-order valence-corrected chi connectivity index (χ1v) is 7.23. The minimum atomic E-state index is 0.367. The van der Waals surface area contributed by atoms with Crippen LogP contribution in [0, 0.1) is 0 Å². The van der Waals surface area contributed by atoms with Gasteiger partial charge in [-0.05, 0) is 18.4 Å². The lowest BCUT2D eigenvalue weighted by Crippen LogP contribution is -2.42. The molecule has 1 atom stereocenters. The van der Waals surface area contributed by atoms with Crippen molar-refractivity contribution >= 4 is 16.6 Å². The third-order valence-electron chi connectivity index (χ3n) is 3.69. The number of anilines is 1. The van der Waals surface area contributed by atoms with Crippen LogP contribution in [0.25, 0.3) is 10.8 Å². The highest BCUT2D eigenvalue weighted by molar-refractivity contribution is 5.91. The predicted octanol–water partition coefficient (Wildman–Crippen LogP) is 2.37. The van der Waals surface area contributed by atoms with Gasteiger partial charge in [0.25, 0.3) is 0 Å². The predicted molar refractivity (Wildman–Crippen MR) is 82.1 cm³/mol. The molecule has 0 amide bonds. The minimum absolute atomic E-state index is 0.367. The SMILES string of the molecule is CC(CN1CCOCC1)Nc1nccc2ccccc12. The highest BCUT2D eigenvalue weighted by atomic mass is 16.5. The van der Waals surface area contributed by atoms with E-state index in [-0.39, 0.29) is 0 Å². The Balaban J connectivity index is 1.69. The largest absolute Gasteiger partial charge is 0.379 e. The van der Waals surface area contributed by atoms with Crippen LogP contribution in [0.5, 0.6) is 0 Å². The van der Waals surface area contributed by atoms with Crippen LogP contribution in [0.3, 0.4) is 0 Å². The van der Waals surface area contributed by atoms with Gasteiger partial charge in [-0.3, -0.25) is 4.90 Å². The number of nitrogens with one attached hydrogen (secondary N) is 1. The lowest BCUT2D eigenvalue weighted by atomic mass is 10.1. The maximum atomic E-state index is 5.38. The number of hydrogen-bond donors (Lipinski definition) is 1. The van der Waals surface area contributed by atoms with Crippen molar-refractivity contribution in [3.8, 4) is 0 Å². The summed E-state index contributed by atoms with van der Waals surface area (Å²) >= 11 is 0. The molecule has 0 spiro atoms. The van der Waals surface area contributed by atoms with E-state index in [0.717, 1.165) is 38.7 Å². The second-order valence-corrected chi connectivity index (χ2v) is 5.34. The number of nitrogens with zero attached hydrogens (tertiary/aromatic N) is 2. The van der Waals surface area contributed by atoms with Crippen LogP contribution >= 0.6 is 0 Å². The first-order valence-electron chi connectivity index (χ1n) is 7.23. The molecule has 1 fully saturated rings. The van der Waals surface area contributed by atoms with E-state index in [0.29, 0.717) is 6.04 Å². The lowest BCUT2D eigenvalue weighted by molar-refractivity contribution is 0.0368. The molecule has 0 aliphatic carbocycles. The van der Waals surface area contributed by atoms with E-state index in [2.05, 4.69) is 46.4 Å². The van der Waals surface area contributed by atoms with Crippen LogP contribution < -0.4 is 5.32 Å². The normalized spacial score (nSPS) is 18.1. The second kappa shape index (κ2) is 6.20. The summed E-state index contributed by atoms with van der Waals surface area (Å²) in [5.74, 6) is 0.976. The van der Waals surface area contributed by atoms with Crippen LogP contribution in [0.1, 0.15) is 6.92 Å². The second-order valence-electron chi connectivity index (χ2n) is 5.34. The maximum absolute atomic E-state index is 5.38. The standard InChI is InChI=1S/C16H21N3O/c1-13(12-19-8-10-20-11-9-19)18-16-15-5-3-2-4-14(15)6-7-17-16/h2-7,13H,8-12H2,1H3,(H,17,18). The molecule has 1 aliphatic heterocycles. The zero-order chi connectivity index (χ0) is 13.8. The summed E-state index contributed by atoms with van der Waals surface area (Å²) in [6, 6.07) is 10.8. The van der Waals surface area contributed by atoms with E-state index in [1.165, 1.54) is 10.8 Å². The molecule has 2 aromatic rings. The number of morpholine rings is 1. The molecule has 4 nitrogen and oxygen atoms in total. The van der Waals surface area contributed by atoms with Crippen molar-refractivity contribution in [1.82, 2.24) is 9.88 Å². The van der Waals surface area contributed by atoms with Gasteiger partial charge in [0.05, 0.1) is 13.2 Å². The van der Waals surface area contributed by atoms with Gasteiger partial charge in [-0.2, -0.15) is 0 Å². The van der Waals surface area contributed by atoms with Gasteiger partial charge in [0.15, 0.2) is 0 Å². The van der Waals surface area contributed by atoms with E-state index in [1.807, 2.05) is 12.3 Å². The van der Waals surface area contributed by atoms with Gasteiger partial charge in [0.1, 0.15) is 5.82 Å².